The Morgan fingerprint density at radius 2 is 1.68 bits per heavy atom. The molecule has 6 nitrogen and oxygen atoms in total. The molecular weight excluding hydrogens is 428 g/mol. The number of nitrogens with one attached hydrogen (secondary N) is 1. The molecule has 2 aliphatic rings. The monoisotopic (exact) mass is 456 g/mol. The van der Waals surface area contributed by atoms with Gasteiger partial charge in [-0.2, -0.15) is 0 Å². The standard InChI is InChI=1S/C28H28N2O4/c1-32-24-12-5-6-13-25(24)33-23-11-7-8-21(18-23)20-30-16-14-28(15-17-30)29-27(31)19-26(34-28)22-9-3-2-4-10-22/h2-13,18-19H,14-17,20H2,1H3,(H,29,31). The number of amides is 1. The lowest BCUT2D eigenvalue weighted by Gasteiger charge is -2.44. The molecule has 1 N–H and O–H groups in total. The van der Waals surface area contributed by atoms with E-state index in [0.29, 0.717) is 17.3 Å². The van der Waals surface area contributed by atoms with Gasteiger partial charge in [0.2, 0.25) is 0 Å². The molecule has 1 saturated heterocycles. The molecule has 0 aromatic heterocycles. The number of piperidine rings is 1. The lowest BCUT2D eigenvalue weighted by molar-refractivity contribution is -0.130. The van der Waals surface area contributed by atoms with Crippen molar-refractivity contribution < 1.29 is 19.0 Å². The maximum Gasteiger partial charge on any atom is 0.250 e. The molecule has 0 bridgehead atoms. The summed E-state index contributed by atoms with van der Waals surface area (Å²) in [5, 5.41) is 3.07. The van der Waals surface area contributed by atoms with Crippen LogP contribution in [0.15, 0.2) is 84.9 Å². The summed E-state index contributed by atoms with van der Waals surface area (Å²) in [6.45, 7) is 2.44. The Hall–Kier alpha value is -3.77. The molecule has 3 aromatic rings. The van der Waals surface area contributed by atoms with Crippen molar-refractivity contribution in [2.24, 2.45) is 0 Å². The molecule has 6 heteroatoms. The van der Waals surface area contributed by atoms with E-state index in [1.54, 1.807) is 13.2 Å². The Bertz CT molecular complexity index is 1180. The highest BCUT2D eigenvalue weighted by Crippen LogP contribution is 2.34. The largest absolute Gasteiger partial charge is 0.493 e. The van der Waals surface area contributed by atoms with Crippen LogP contribution in [0.3, 0.4) is 0 Å². The molecule has 0 unspecified atom stereocenters. The molecule has 1 fully saturated rings. The number of rotatable bonds is 6. The molecule has 34 heavy (non-hydrogen) atoms. The molecule has 0 aliphatic carbocycles. The van der Waals surface area contributed by atoms with Gasteiger partial charge in [0, 0.05) is 44.1 Å². The van der Waals surface area contributed by atoms with Crippen molar-refractivity contribution in [1.29, 1.82) is 0 Å². The zero-order chi connectivity index (χ0) is 23.4. The predicted molar refractivity (Wildman–Crippen MR) is 130 cm³/mol. The van der Waals surface area contributed by atoms with Crippen LogP contribution in [0.25, 0.3) is 5.76 Å². The molecule has 0 radical (unpaired) electrons. The van der Waals surface area contributed by atoms with Crippen molar-refractivity contribution in [2.75, 3.05) is 20.2 Å². The number of hydrogen-bond donors (Lipinski definition) is 1. The van der Waals surface area contributed by atoms with Gasteiger partial charge in [-0.25, -0.2) is 0 Å². The zero-order valence-electron chi connectivity index (χ0n) is 19.2. The van der Waals surface area contributed by atoms with Crippen LogP contribution in [0, 0.1) is 0 Å². The van der Waals surface area contributed by atoms with E-state index < -0.39 is 5.72 Å². The Balaban J connectivity index is 1.22. The van der Waals surface area contributed by atoms with E-state index in [1.165, 1.54) is 5.56 Å². The third kappa shape index (κ3) is 4.92. The highest BCUT2D eigenvalue weighted by Gasteiger charge is 2.41. The second-order valence-electron chi connectivity index (χ2n) is 8.64. The summed E-state index contributed by atoms with van der Waals surface area (Å²) in [5.41, 5.74) is 1.44. The average molecular weight is 457 g/mol. The van der Waals surface area contributed by atoms with Gasteiger partial charge >= 0.3 is 0 Å². The number of hydrogen-bond acceptors (Lipinski definition) is 5. The average Bonchev–Trinajstić information content (AvgIpc) is 2.86. The number of likely N-dealkylation sites (tertiary alicyclic amines) is 1. The second kappa shape index (κ2) is 9.61. The molecule has 1 spiro atoms. The highest BCUT2D eigenvalue weighted by molar-refractivity contribution is 5.95. The maximum atomic E-state index is 12.4. The van der Waals surface area contributed by atoms with E-state index in [1.807, 2.05) is 66.7 Å². The van der Waals surface area contributed by atoms with Crippen LogP contribution in [0.1, 0.15) is 24.0 Å². The van der Waals surface area contributed by atoms with Gasteiger partial charge in [0.05, 0.1) is 7.11 Å². The Morgan fingerprint density at radius 3 is 2.44 bits per heavy atom. The van der Waals surface area contributed by atoms with E-state index in [-0.39, 0.29) is 5.91 Å². The van der Waals surface area contributed by atoms with E-state index in [4.69, 9.17) is 14.2 Å². The second-order valence-corrected chi connectivity index (χ2v) is 8.64. The van der Waals surface area contributed by atoms with Gasteiger partial charge in [-0.3, -0.25) is 9.69 Å². The molecule has 0 atom stereocenters. The maximum absolute atomic E-state index is 12.4. The van der Waals surface area contributed by atoms with Crippen LogP contribution in [0.2, 0.25) is 0 Å². The van der Waals surface area contributed by atoms with E-state index in [2.05, 4.69) is 22.3 Å². The first kappa shape index (κ1) is 22.0. The summed E-state index contributed by atoms with van der Waals surface area (Å²) in [4.78, 5) is 14.8. The third-order valence-electron chi connectivity index (χ3n) is 6.24. The lowest BCUT2D eigenvalue weighted by Crippen LogP contribution is -2.57. The number of para-hydroxylation sites is 2. The first-order valence-electron chi connectivity index (χ1n) is 11.5. The lowest BCUT2D eigenvalue weighted by atomic mass is 9.97. The minimum Gasteiger partial charge on any atom is -0.493 e. The molecular formula is C28H28N2O4. The van der Waals surface area contributed by atoms with Gasteiger partial charge in [0.25, 0.3) is 5.91 Å². The van der Waals surface area contributed by atoms with Crippen LogP contribution in [-0.2, 0) is 16.1 Å². The van der Waals surface area contributed by atoms with Crippen LogP contribution < -0.4 is 14.8 Å². The summed E-state index contributed by atoms with van der Waals surface area (Å²) in [6, 6.07) is 25.5. The molecule has 174 valence electrons. The van der Waals surface area contributed by atoms with Crippen LogP contribution in [0.5, 0.6) is 17.2 Å². The minimum absolute atomic E-state index is 0.0975. The number of carbonyl (C=O) groups is 1. The molecule has 2 heterocycles. The van der Waals surface area contributed by atoms with E-state index >= 15 is 0 Å². The molecule has 2 aliphatic heterocycles. The molecule has 5 rings (SSSR count). The van der Waals surface area contributed by atoms with Gasteiger partial charge < -0.3 is 19.5 Å². The van der Waals surface area contributed by atoms with Gasteiger partial charge in [-0.05, 0) is 29.8 Å². The van der Waals surface area contributed by atoms with Crippen LogP contribution in [0.4, 0.5) is 0 Å². The van der Waals surface area contributed by atoms with Gasteiger partial charge in [-0.15, -0.1) is 0 Å². The van der Waals surface area contributed by atoms with Gasteiger partial charge in [0.15, 0.2) is 17.2 Å². The van der Waals surface area contributed by atoms with Gasteiger partial charge in [-0.1, -0.05) is 54.6 Å². The van der Waals surface area contributed by atoms with Crippen LogP contribution >= 0.6 is 0 Å². The Labute approximate surface area is 199 Å². The zero-order valence-corrected chi connectivity index (χ0v) is 19.2. The SMILES string of the molecule is COc1ccccc1Oc1cccc(CN2CCC3(CC2)NC(=O)C=C(c2ccccc2)O3)c1. The van der Waals surface area contributed by atoms with E-state index in [0.717, 1.165) is 43.8 Å². The summed E-state index contributed by atoms with van der Waals surface area (Å²) < 4.78 is 17.8. The van der Waals surface area contributed by atoms with Crippen molar-refractivity contribution in [3.63, 3.8) is 0 Å². The minimum atomic E-state index is -0.650. The number of benzene rings is 3. The molecule has 0 saturated carbocycles. The number of methoxy groups -OCH3 is 1. The van der Waals surface area contributed by atoms with Crippen molar-refractivity contribution >= 4 is 11.7 Å². The van der Waals surface area contributed by atoms with Crippen molar-refractivity contribution in [3.8, 4) is 17.2 Å². The fourth-order valence-corrected chi connectivity index (χ4v) is 4.48. The first-order chi connectivity index (χ1) is 16.6. The Kier molecular flexibility index (Phi) is 6.23. The summed E-state index contributed by atoms with van der Waals surface area (Å²) in [7, 11) is 1.64. The molecule has 3 aromatic carbocycles. The normalized spacial score (nSPS) is 17.4. The number of ether oxygens (including phenoxy) is 3. The number of nitrogens with zero attached hydrogens (tertiary/aromatic N) is 1. The molecule has 1 amide bonds. The quantitative estimate of drug-likeness (QED) is 0.568. The van der Waals surface area contributed by atoms with E-state index in [9.17, 15) is 4.79 Å². The fraction of sp³-hybridized carbons (Fsp3) is 0.250. The fourth-order valence-electron chi connectivity index (χ4n) is 4.48. The third-order valence-corrected chi connectivity index (χ3v) is 6.24. The van der Waals surface area contributed by atoms with Crippen molar-refractivity contribution in [2.45, 2.75) is 25.1 Å². The first-order valence-corrected chi connectivity index (χ1v) is 11.5. The Morgan fingerprint density at radius 1 is 0.941 bits per heavy atom. The van der Waals surface area contributed by atoms with Crippen molar-refractivity contribution in [1.82, 2.24) is 10.2 Å². The summed E-state index contributed by atoms with van der Waals surface area (Å²) >= 11 is 0. The smallest absolute Gasteiger partial charge is 0.250 e. The predicted octanol–water partition coefficient (Wildman–Crippen LogP) is 4.97. The topological polar surface area (TPSA) is 60.0 Å². The summed E-state index contributed by atoms with van der Waals surface area (Å²) in [6.07, 6.45) is 2.99. The number of carbonyl (C=O) groups excluding carboxylic acids is 1. The highest BCUT2D eigenvalue weighted by atomic mass is 16.5. The summed E-state index contributed by atoms with van der Waals surface area (Å²) in [5.74, 6) is 2.71. The van der Waals surface area contributed by atoms with Crippen LogP contribution in [-0.4, -0.2) is 36.7 Å². The van der Waals surface area contributed by atoms with Gasteiger partial charge in [0.1, 0.15) is 11.5 Å². The van der Waals surface area contributed by atoms with Crippen molar-refractivity contribution in [3.05, 3.63) is 96.1 Å².